The number of H-pyrrole nitrogens is 1. The Labute approximate surface area is 181 Å². The minimum Gasteiger partial charge on any atom is -0.435 e. The number of nitrogens with zero attached hydrogens (tertiary/aromatic N) is 1. The Balaban J connectivity index is 1.68. The fraction of sp³-hybridized carbons (Fsp3) is 0.0833. The van der Waals surface area contributed by atoms with Crippen molar-refractivity contribution in [2.45, 2.75) is 12.7 Å². The van der Waals surface area contributed by atoms with Gasteiger partial charge in [-0.25, -0.2) is 9.78 Å². The Bertz CT molecular complexity index is 1270. The molecule has 0 spiro atoms. The lowest BCUT2D eigenvalue weighted by Crippen LogP contribution is -2.43. The van der Waals surface area contributed by atoms with E-state index < -0.39 is 12.7 Å². The summed E-state index contributed by atoms with van der Waals surface area (Å²) in [6.45, 7) is -2.91. The molecular weight excluding hydrogens is 414 g/mol. The fourth-order valence-electron chi connectivity index (χ4n) is 3.82. The van der Waals surface area contributed by atoms with Crippen molar-refractivity contribution in [3.05, 3.63) is 95.8 Å². The van der Waals surface area contributed by atoms with Crippen LogP contribution >= 0.6 is 0 Å². The molecule has 0 saturated carbocycles. The third-order valence-corrected chi connectivity index (χ3v) is 5.22. The quantitative estimate of drug-likeness (QED) is 0.411. The zero-order valence-corrected chi connectivity index (χ0v) is 16.7. The number of benzene rings is 3. The number of fused-ring (bicyclic) bond motifs is 1. The molecule has 2 amide bonds. The van der Waals surface area contributed by atoms with Crippen LogP contribution in [0.2, 0.25) is 0 Å². The molecule has 5 rings (SSSR count). The van der Waals surface area contributed by atoms with Crippen LogP contribution < -0.4 is 15.4 Å². The van der Waals surface area contributed by atoms with Crippen LogP contribution in [0.25, 0.3) is 22.3 Å². The van der Waals surface area contributed by atoms with E-state index in [0.29, 0.717) is 17.1 Å². The minimum atomic E-state index is -2.91. The van der Waals surface area contributed by atoms with Gasteiger partial charge >= 0.3 is 12.6 Å². The summed E-state index contributed by atoms with van der Waals surface area (Å²) in [7, 11) is 0. The molecule has 0 fully saturated rings. The SMILES string of the molecule is O=C1NC(c2ccccc2)=C(c2nc3ccccc3[nH]2)[C@@H](c2ccc(OC(F)F)cc2)N1. The third-order valence-electron chi connectivity index (χ3n) is 5.22. The van der Waals surface area contributed by atoms with Gasteiger partial charge in [-0.3, -0.25) is 0 Å². The van der Waals surface area contributed by atoms with E-state index in [2.05, 4.69) is 20.4 Å². The van der Waals surface area contributed by atoms with E-state index in [-0.39, 0.29) is 11.8 Å². The van der Waals surface area contributed by atoms with Crippen LogP contribution in [0.1, 0.15) is 23.0 Å². The highest BCUT2D eigenvalue weighted by atomic mass is 19.3. The smallest absolute Gasteiger partial charge is 0.387 e. The highest BCUT2D eigenvalue weighted by Crippen LogP contribution is 2.37. The Kier molecular flexibility index (Phi) is 5.03. The fourth-order valence-corrected chi connectivity index (χ4v) is 3.82. The van der Waals surface area contributed by atoms with Crippen LogP contribution in [0, 0.1) is 0 Å². The van der Waals surface area contributed by atoms with Crippen LogP contribution in [-0.4, -0.2) is 22.6 Å². The highest BCUT2D eigenvalue weighted by molar-refractivity contribution is 6.02. The van der Waals surface area contributed by atoms with E-state index in [1.54, 1.807) is 12.1 Å². The molecule has 6 nitrogen and oxygen atoms in total. The number of nitrogens with one attached hydrogen (secondary N) is 3. The molecule has 0 radical (unpaired) electrons. The first-order valence-corrected chi connectivity index (χ1v) is 9.95. The van der Waals surface area contributed by atoms with Gasteiger partial charge in [-0.1, -0.05) is 54.6 Å². The number of para-hydroxylation sites is 2. The number of halogens is 2. The van der Waals surface area contributed by atoms with E-state index in [9.17, 15) is 13.6 Å². The van der Waals surface area contributed by atoms with Crippen molar-refractivity contribution in [1.82, 2.24) is 20.6 Å². The van der Waals surface area contributed by atoms with Gasteiger partial charge in [0.1, 0.15) is 11.6 Å². The molecule has 1 aliphatic heterocycles. The van der Waals surface area contributed by atoms with Crippen molar-refractivity contribution in [3.8, 4) is 5.75 Å². The molecule has 3 N–H and O–H groups in total. The predicted octanol–water partition coefficient (Wildman–Crippen LogP) is 5.09. The van der Waals surface area contributed by atoms with Crippen LogP contribution in [0.15, 0.2) is 78.9 Å². The number of amides is 2. The number of hydrogen-bond donors (Lipinski definition) is 3. The first-order chi connectivity index (χ1) is 15.6. The maximum absolute atomic E-state index is 12.6. The highest BCUT2D eigenvalue weighted by Gasteiger charge is 2.32. The van der Waals surface area contributed by atoms with E-state index in [0.717, 1.165) is 22.2 Å². The van der Waals surface area contributed by atoms with Crippen LogP contribution in [-0.2, 0) is 0 Å². The molecule has 3 aromatic carbocycles. The maximum atomic E-state index is 12.6. The number of hydrogen-bond acceptors (Lipinski definition) is 3. The molecule has 1 atom stereocenters. The molecule has 1 aromatic heterocycles. The molecule has 4 aromatic rings. The normalized spacial score (nSPS) is 16.2. The lowest BCUT2D eigenvalue weighted by atomic mass is 9.92. The summed E-state index contributed by atoms with van der Waals surface area (Å²) in [4.78, 5) is 20.7. The largest absolute Gasteiger partial charge is 0.435 e. The number of alkyl halides is 2. The van der Waals surface area contributed by atoms with Gasteiger partial charge < -0.3 is 20.4 Å². The number of ether oxygens (including phenoxy) is 1. The molecular formula is C24H18F2N4O2. The lowest BCUT2D eigenvalue weighted by molar-refractivity contribution is -0.0498. The van der Waals surface area contributed by atoms with Gasteiger partial charge in [0.15, 0.2) is 0 Å². The van der Waals surface area contributed by atoms with Crippen molar-refractivity contribution < 1.29 is 18.3 Å². The third kappa shape index (κ3) is 3.78. The zero-order chi connectivity index (χ0) is 22.1. The average molecular weight is 432 g/mol. The van der Waals surface area contributed by atoms with E-state index in [1.807, 2.05) is 54.6 Å². The molecule has 0 unspecified atom stereocenters. The summed E-state index contributed by atoms with van der Waals surface area (Å²) in [5.41, 5.74) is 4.52. The molecule has 0 saturated heterocycles. The summed E-state index contributed by atoms with van der Waals surface area (Å²) in [5.74, 6) is 0.636. The molecule has 160 valence electrons. The predicted molar refractivity (Wildman–Crippen MR) is 117 cm³/mol. The average Bonchev–Trinajstić information content (AvgIpc) is 3.23. The topological polar surface area (TPSA) is 79.0 Å². The van der Waals surface area contributed by atoms with Crippen molar-refractivity contribution >= 4 is 28.3 Å². The summed E-state index contributed by atoms with van der Waals surface area (Å²) in [6, 6.07) is 22.4. The number of urea groups is 1. The molecule has 0 aliphatic carbocycles. The van der Waals surface area contributed by atoms with Gasteiger partial charge in [-0.15, -0.1) is 0 Å². The molecule has 2 heterocycles. The second-order valence-electron chi connectivity index (χ2n) is 7.24. The monoisotopic (exact) mass is 432 g/mol. The van der Waals surface area contributed by atoms with Crippen LogP contribution in [0.5, 0.6) is 5.75 Å². The summed E-state index contributed by atoms with van der Waals surface area (Å²) < 4.78 is 29.5. The standard InChI is InChI=1S/C24H18F2N4O2/c25-23(26)32-16-12-10-15(11-13-16)21-19(22-27-17-8-4-5-9-18(17)28-22)20(29-24(31)30-21)14-6-2-1-3-7-14/h1-13,21,23H,(H,27,28)(H2,29,30,31)/t21-/m1/s1. The van der Waals surface area contributed by atoms with Crippen molar-refractivity contribution in [1.29, 1.82) is 0 Å². The zero-order valence-electron chi connectivity index (χ0n) is 16.7. The van der Waals surface area contributed by atoms with Crippen molar-refractivity contribution in [2.24, 2.45) is 0 Å². The van der Waals surface area contributed by atoms with Gasteiger partial charge in [-0.2, -0.15) is 8.78 Å². The number of imidazole rings is 1. The Morgan fingerprint density at radius 2 is 1.62 bits per heavy atom. The Morgan fingerprint density at radius 3 is 2.34 bits per heavy atom. The van der Waals surface area contributed by atoms with Gasteiger partial charge in [0.25, 0.3) is 0 Å². The van der Waals surface area contributed by atoms with Crippen molar-refractivity contribution in [3.63, 3.8) is 0 Å². The summed E-state index contributed by atoms with van der Waals surface area (Å²) in [5, 5.41) is 5.84. The van der Waals surface area contributed by atoms with Gasteiger partial charge in [-0.05, 0) is 35.4 Å². The number of aromatic amines is 1. The second kappa shape index (κ2) is 8.14. The van der Waals surface area contributed by atoms with Gasteiger partial charge in [0.2, 0.25) is 0 Å². The molecule has 0 bridgehead atoms. The number of aromatic nitrogens is 2. The Hall–Kier alpha value is -4.20. The van der Waals surface area contributed by atoms with Crippen LogP contribution in [0.4, 0.5) is 13.6 Å². The molecule has 1 aliphatic rings. The maximum Gasteiger partial charge on any atom is 0.387 e. The van der Waals surface area contributed by atoms with E-state index >= 15 is 0 Å². The molecule has 8 heteroatoms. The van der Waals surface area contributed by atoms with Gasteiger partial charge in [0.05, 0.1) is 22.8 Å². The second-order valence-corrected chi connectivity index (χ2v) is 7.24. The Morgan fingerprint density at radius 1 is 0.906 bits per heavy atom. The molecule has 32 heavy (non-hydrogen) atoms. The lowest BCUT2D eigenvalue weighted by Gasteiger charge is -2.30. The number of rotatable bonds is 5. The van der Waals surface area contributed by atoms with Crippen LogP contribution in [0.3, 0.4) is 0 Å². The first-order valence-electron chi connectivity index (χ1n) is 9.95. The minimum absolute atomic E-state index is 0.0431. The number of carbonyl (C=O) groups excluding carboxylic acids is 1. The number of carbonyl (C=O) groups is 1. The van der Waals surface area contributed by atoms with E-state index in [1.165, 1.54) is 12.1 Å². The summed E-state index contributed by atoms with van der Waals surface area (Å²) >= 11 is 0. The summed E-state index contributed by atoms with van der Waals surface area (Å²) in [6.07, 6.45) is 0. The van der Waals surface area contributed by atoms with Gasteiger partial charge in [0, 0.05) is 5.57 Å². The van der Waals surface area contributed by atoms with Crippen molar-refractivity contribution in [2.75, 3.05) is 0 Å². The first kappa shape index (κ1) is 19.7. The van der Waals surface area contributed by atoms with E-state index in [4.69, 9.17) is 4.98 Å².